The molecule has 134 valence electrons. The van der Waals surface area contributed by atoms with Crippen molar-refractivity contribution in [1.82, 2.24) is 15.1 Å². The lowest BCUT2D eigenvalue weighted by molar-refractivity contribution is -0.141. The van der Waals surface area contributed by atoms with Gasteiger partial charge in [-0.3, -0.25) is 9.59 Å². The van der Waals surface area contributed by atoms with E-state index in [1.165, 1.54) is 19.3 Å². The number of nitrogens with one attached hydrogen (secondary N) is 1. The van der Waals surface area contributed by atoms with Crippen LogP contribution >= 0.6 is 12.4 Å². The number of hydrogen-bond donors (Lipinski definition) is 1. The van der Waals surface area contributed by atoms with Crippen molar-refractivity contribution in [2.24, 2.45) is 5.92 Å². The number of nitrogens with zero attached hydrogens (tertiary/aromatic N) is 2. The van der Waals surface area contributed by atoms with Gasteiger partial charge in [-0.05, 0) is 31.6 Å². The second-order valence-electron chi connectivity index (χ2n) is 6.67. The second kappa shape index (κ2) is 10.1. The first-order valence-electron chi connectivity index (χ1n) is 8.95. The van der Waals surface area contributed by atoms with Crippen LogP contribution in [0.25, 0.3) is 0 Å². The van der Waals surface area contributed by atoms with Gasteiger partial charge < -0.3 is 15.1 Å². The fourth-order valence-electron chi connectivity index (χ4n) is 3.32. The highest BCUT2D eigenvalue weighted by Crippen LogP contribution is 2.27. The third-order valence-electron chi connectivity index (χ3n) is 4.80. The van der Waals surface area contributed by atoms with Gasteiger partial charge in [0.1, 0.15) is 0 Å². The van der Waals surface area contributed by atoms with Gasteiger partial charge in [0.2, 0.25) is 11.8 Å². The lowest BCUT2D eigenvalue weighted by Gasteiger charge is -2.38. The molecule has 0 radical (unpaired) electrons. The van der Waals surface area contributed by atoms with Crippen LogP contribution in [-0.4, -0.2) is 60.4 Å². The van der Waals surface area contributed by atoms with Crippen LogP contribution in [0.4, 0.5) is 0 Å². The van der Waals surface area contributed by atoms with Gasteiger partial charge in [-0.15, -0.1) is 12.4 Å². The molecule has 1 saturated carbocycles. The van der Waals surface area contributed by atoms with Crippen molar-refractivity contribution in [3.8, 4) is 0 Å². The van der Waals surface area contributed by atoms with E-state index in [1.807, 2.05) is 9.80 Å². The summed E-state index contributed by atoms with van der Waals surface area (Å²) in [7, 11) is 0. The Bertz CT molecular complexity index is 382. The summed E-state index contributed by atoms with van der Waals surface area (Å²) in [5.41, 5.74) is 0. The fraction of sp³-hybridized carbons (Fsp3) is 0.882. The van der Waals surface area contributed by atoms with Crippen LogP contribution < -0.4 is 5.32 Å². The minimum absolute atomic E-state index is 0. The zero-order chi connectivity index (χ0) is 15.9. The standard InChI is InChI=1S/C17H31N3O2.ClH/c1-3-9-19(10-4-2)16(21)12-15-17(22)20(11-8-18-15)13-14-6-5-7-14;/h14-15,18H,3-13H2,1-2H3;1H. The molecule has 1 heterocycles. The molecule has 2 amide bonds. The number of amides is 2. The molecular weight excluding hydrogens is 314 g/mol. The molecule has 0 spiro atoms. The van der Waals surface area contributed by atoms with Crippen LogP contribution in [-0.2, 0) is 9.59 Å². The largest absolute Gasteiger partial charge is 0.343 e. The second-order valence-corrected chi connectivity index (χ2v) is 6.67. The number of hydrogen-bond acceptors (Lipinski definition) is 3. The molecule has 0 aromatic rings. The highest BCUT2D eigenvalue weighted by Gasteiger charge is 2.33. The molecule has 0 aromatic heterocycles. The normalized spacial score (nSPS) is 21.6. The summed E-state index contributed by atoms with van der Waals surface area (Å²) in [6.07, 6.45) is 6.04. The summed E-state index contributed by atoms with van der Waals surface area (Å²) < 4.78 is 0. The van der Waals surface area contributed by atoms with E-state index >= 15 is 0 Å². The van der Waals surface area contributed by atoms with Gasteiger partial charge in [-0.2, -0.15) is 0 Å². The first kappa shape index (κ1) is 20.2. The summed E-state index contributed by atoms with van der Waals surface area (Å²) in [5, 5.41) is 3.24. The first-order chi connectivity index (χ1) is 10.7. The maximum atomic E-state index is 12.6. The summed E-state index contributed by atoms with van der Waals surface area (Å²) in [6, 6.07) is -0.322. The van der Waals surface area contributed by atoms with Gasteiger partial charge in [-0.1, -0.05) is 20.3 Å². The van der Waals surface area contributed by atoms with E-state index in [0.29, 0.717) is 12.3 Å². The Morgan fingerprint density at radius 1 is 1.26 bits per heavy atom. The molecule has 0 aromatic carbocycles. The SMILES string of the molecule is CCCN(CCC)C(=O)CC1NCCN(CC2CCC2)C1=O.Cl. The molecule has 1 atom stereocenters. The first-order valence-corrected chi connectivity index (χ1v) is 8.95. The third-order valence-corrected chi connectivity index (χ3v) is 4.80. The molecule has 2 fully saturated rings. The van der Waals surface area contributed by atoms with Crippen molar-refractivity contribution in [2.75, 3.05) is 32.7 Å². The molecule has 2 aliphatic rings. The Morgan fingerprint density at radius 3 is 2.43 bits per heavy atom. The van der Waals surface area contributed by atoms with Crippen molar-refractivity contribution < 1.29 is 9.59 Å². The summed E-state index contributed by atoms with van der Waals surface area (Å²) >= 11 is 0. The molecule has 1 saturated heterocycles. The minimum Gasteiger partial charge on any atom is -0.343 e. The zero-order valence-corrected chi connectivity index (χ0v) is 15.4. The topological polar surface area (TPSA) is 52.7 Å². The van der Waals surface area contributed by atoms with Gasteiger partial charge in [0.05, 0.1) is 12.5 Å². The van der Waals surface area contributed by atoms with E-state index in [4.69, 9.17) is 0 Å². The molecule has 23 heavy (non-hydrogen) atoms. The molecule has 2 rings (SSSR count). The highest BCUT2D eigenvalue weighted by molar-refractivity contribution is 5.89. The van der Waals surface area contributed by atoms with Gasteiger partial charge >= 0.3 is 0 Å². The van der Waals surface area contributed by atoms with Gasteiger partial charge in [0.25, 0.3) is 0 Å². The number of carbonyl (C=O) groups excluding carboxylic acids is 2. The Balaban J connectivity index is 0.00000264. The molecular formula is C17H32ClN3O2. The molecule has 1 unspecified atom stereocenters. The number of rotatable bonds is 8. The van der Waals surface area contributed by atoms with Crippen molar-refractivity contribution in [1.29, 1.82) is 0 Å². The quantitative estimate of drug-likeness (QED) is 0.732. The fourth-order valence-corrected chi connectivity index (χ4v) is 3.32. The van der Waals surface area contributed by atoms with Crippen LogP contribution in [0.3, 0.4) is 0 Å². The van der Waals surface area contributed by atoms with Crippen molar-refractivity contribution in [2.45, 2.75) is 58.4 Å². The predicted octanol–water partition coefficient (Wildman–Crippen LogP) is 2.05. The smallest absolute Gasteiger partial charge is 0.240 e. The molecule has 1 N–H and O–H groups in total. The lowest BCUT2D eigenvalue weighted by Crippen LogP contribution is -2.57. The van der Waals surface area contributed by atoms with Gasteiger partial charge in [0.15, 0.2) is 0 Å². The number of carbonyl (C=O) groups is 2. The van der Waals surface area contributed by atoms with E-state index in [1.54, 1.807) is 0 Å². The number of piperazine rings is 1. The summed E-state index contributed by atoms with van der Waals surface area (Å²) in [5.74, 6) is 0.926. The van der Waals surface area contributed by atoms with Crippen LogP contribution in [0.1, 0.15) is 52.4 Å². The van der Waals surface area contributed by atoms with Crippen molar-refractivity contribution >= 4 is 24.2 Å². The van der Waals surface area contributed by atoms with E-state index in [9.17, 15) is 9.59 Å². The molecule has 0 bridgehead atoms. The van der Waals surface area contributed by atoms with Crippen LogP contribution in [0, 0.1) is 5.92 Å². The van der Waals surface area contributed by atoms with Crippen molar-refractivity contribution in [3.05, 3.63) is 0 Å². The van der Waals surface area contributed by atoms with Gasteiger partial charge in [-0.25, -0.2) is 0 Å². The average molecular weight is 346 g/mol. The van der Waals surface area contributed by atoms with Gasteiger partial charge in [0, 0.05) is 32.7 Å². The molecule has 6 heteroatoms. The maximum absolute atomic E-state index is 12.6. The maximum Gasteiger partial charge on any atom is 0.240 e. The highest BCUT2D eigenvalue weighted by atomic mass is 35.5. The van der Waals surface area contributed by atoms with Crippen LogP contribution in [0.5, 0.6) is 0 Å². The zero-order valence-electron chi connectivity index (χ0n) is 14.6. The monoisotopic (exact) mass is 345 g/mol. The minimum atomic E-state index is -0.322. The average Bonchev–Trinajstić information content (AvgIpc) is 2.46. The third kappa shape index (κ3) is 5.64. The molecule has 5 nitrogen and oxygen atoms in total. The Hall–Kier alpha value is -0.810. The van der Waals surface area contributed by atoms with E-state index in [-0.39, 0.29) is 30.3 Å². The molecule has 1 aliphatic carbocycles. The Morgan fingerprint density at radius 2 is 1.91 bits per heavy atom. The summed E-state index contributed by atoms with van der Waals surface area (Å²) in [6.45, 7) is 8.23. The van der Waals surface area contributed by atoms with E-state index < -0.39 is 0 Å². The predicted molar refractivity (Wildman–Crippen MR) is 94.7 cm³/mol. The Kier molecular flexibility index (Phi) is 8.92. The summed E-state index contributed by atoms with van der Waals surface area (Å²) in [4.78, 5) is 28.9. The van der Waals surface area contributed by atoms with E-state index in [0.717, 1.165) is 45.6 Å². The van der Waals surface area contributed by atoms with E-state index in [2.05, 4.69) is 19.2 Å². The van der Waals surface area contributed by atoms with Crippen molar-refractivity contribution in [3.63, 3.8) is 0 Å². The lowest BCUT2D eigenvalue weighted by atomic mass is 9.85. The van der Waals surface area contributed by atoms with Crippen LogP contribution in [0.2, 0.25) is 0 Å². The van der Waals surface area contributed by atoms with Crippen LogP contribution in [0.15, 0.2) is 0 Å². The Labute approximate surface area is 146 Å². The molecule has 1 aliphatic heterocycles. The number of halogens is 1.